The lowest BCUT2D eigenvalue weighted by Crippen LogP contribution is -2.52. The number of hydrogen-bond donors (Lipinski definition) is 1. The Morgan fingerprint density at radius 2 is 1.58 bits per heavy atom. The lowest BCUT2D eigenvalue weighted by Gasteiger charge is -2.41. The predicted molar refractivity (Wildman–Crippen MR) is 109 cm³/mol. The first-order valence-corrected chi connectivity index (χ1v) is 9.09. The summed E-state index contributed by atoms with van der Waals surface area (Å²) in [7, 11) is 1.72. The highest BCUT2D eigenvalue weighted by Gasteiger charge is 2.29. The molecule has 0 aliphatic carbocycles. The fourth-order valence-corrected chi connectivity index (χ4v) is 3.74. The van der Waals surface area contributed by atoms with Crippen molar-refractivity contribution in [3.8, 4) is 5.75 Å². The van der Waals surface area contributed by atoms with Gasteiger partial charge in [-0.2, -0.15) is 0 Å². The highest BCUT2D eigenvalue weighted by Crippen LogP contribution is 2.30. The van der Waals surface area contributed by atoms with Crippen molar-refractivity contribution in [2.75, 3.05) is 38.2 Å². The first kappa shape index (κ1) is 20.3. The van der Waals surface area contributed by atoms with Crippen molar-refractivity contribution >= 4 is 5.69 Å². The third kappa shape index (κ3) is 4.37. The quantitative estimate of drug-likeness (QED) is 0.850. The van der Waals surface area contributed by atoms with Crippen LogP contribution in [0.25, 0.3) is 0 Å². The second kappa shape index (κ2) is 9.60. The number of ether oxygens (including phenoxy) is 1. The number of aliphatic hydroxyl groups excluding tert-OH is 1. The van der Waals surface area contributed by atoms with Crippen LogP contribution >= 0.6 is 0 Å². The first-order valence-electron chi connectivity index (χ1n) is 9.09. The fraction of sp³-hybridized carbons (Fsp3) is 0.455. The molecule has 1 aliphatic heterocycles. The normalized spacial score (nSPS) is 17.3. The van der Waals surface area contributed by atoms with Gasteiger partial charge in [0.15, 0.2) is 0 Å². The average Bonchev–Trinajstić information content (AvgIpc) is 2.69. The summed E-state index contributed by atoms with van der Waals surface area (Å²) in [6.45, 7) is 5.93. The van der Waals surface area contributed by atoms with Gasteiger partial charge in [0.2, 0.25) is 0 Å². The van der Waals surface area contributed by atoms with E-state index in [1.807, 2.05) is 42.5 Å². The molecular formula is C22H32N2O2. The van der Waals surface area contributed by atoms with Crippen LogP contribution in [-0.2, 0) is 0 Å². The van der Waals surface area contributed by atoms with Gasteiger partial charge in [0.25, 0.3) is 0 Å². The van der Waals surface area contributed by atoms with Crippen LogP contribution in [0.15, 0.2) is 54.6 Å². The molecule has 26 heavy (non-hydrogen) atoms. The molecule has 1 aliphatic rings. The maximum absolute atomic E-state index is 10.8. The van der Waals surface area contributed by atoms with Gasteiger partial charge >= 0.3 is 0 Å². The van der Waals surface area contributed by atoms with Crippen LogP contribution in [-0.4, -0.2) is 49.3 Å². The third-order valence-electron chi connectivity index (χ3n) is 5.13. The zero-order valence-electron chi connectivity index (χ0n) is 15.1. The topological polar surface area (TPSA) is 35.9 Å². The number of nitrogens with zero attached hydrogens (tertiary/aromatic N) is 2. The average molecular weight is 357 g/mol. The van der Waals surface area contributed by atoms with Gasteiger partial charge in [-0.05, 0) is 24.1 Å². The zero-order valence-corrected chi connectivity index (χ0v) is 15.1. The molecule has 142 valence electrons. The van der Waals surface area contributed by atoms with E-state index in [2.05, 4.69) is 28.9 Å². The van der Waals surface area contributed by atoms with E-state index in [1.54, 1.807) is 7.11 Å². The van der Waals surface area contributed by atoms with E-state index in [0.29, 0.717) is 0 Å². The Balaban J connectivity index is 0.00000243. The lowest BCUT2D eigenvalue weighted by molar-refractivity contribution is 0.0423. The minimum absolute atomic E-state index is 0. The summed E-state index contributed by atoms with van der Waals surface area (Å²) in [4.78, 5) is 4.79. The van der Waals surface area contributed by atoms with Gasteiger partial charge in [0.05, 0.1) is 18.9 Å². The number of para-hydroxylation sites is 2. The van der Waals surface area contributed by atoms with Crippen molar-refractivity contribution in [1.82, 2.24) is 4.90 Å². The highest BCUT2D eigenvalue weighted by molar-refractivity contribution is 5.58. The molecule has 2 aromatic rings. The van der Waals surface area contributed by atoms with Crippen molar-refractivity contribution in [3.63, 3.8) is 0 Å². The van der Waals surface area contributed by atoms with Crippen LogP contribution in [0.2, 0.25) is 0 Å². The van der Waals surface area contributed by atoms with E-state index in [0.717, 1.165) is 49.6 Å². The Hall–Kier alpha value is -2.04. The van der Waals surface area contributed by atoms with Gasteiger partial charge in [-0.1, -0.05) is 56.8 Å². The van der Waals surface area contributed by atoms with Crippen LogP contribution < -0.4 is 9.64 Å². The van der Waals surface area contributed by atoms with Gasteiger partial charge in [-0.15, -0.1) is 0 Å². The summed E-state index contributed by atoms with van der Waals surface area (Å²) >= 11 is 0. The van der Waals surface area contributed by atoms with Gasteiger partial charge in [0.1, 0.15) is 5.75 Å². The molecule has 2 atom stereocenters. The van der Waals surface area contributed by atoms with Gasteiger partial charge in [-0.3, -0.25) is 4.90 Å². The van der Waals surface area contributed by atoms with Crippen LogP contribution in [0.5, 0.6) is 5.75 Å². The largest absolute Gasteiger partial charge is 0.495 e. The summed E-state index contributed by atoms with van der Waals surface area (Å²) in [5, 5.41) is 10.8. The zero-order chi connectivity index (χ0) is 17.6. The van der Waals surface area contributed by atoms with Crippen molar-refractivity contribution in [2.45, 2.75) is 32.9 Å². The summed E-state index contributed by atoms with van der Waals surface area (Å²) < 4.78 is 5.49. The van der Waals surface area contributed by atoms with Crippen molar-refractivity contribution in [2.24, 2.45) is 0 Å². The second-order valence-corrected chi connectivity index (χ2v) is 6.53. The SMILES string of the molecule is C.CCC(C(O)c1ccccc1)N1CCN(c2ccccc2OC)CC1. The van der Waals surface area contributed by atoms with Crippen LogP contribution in [0.4, 0.5) is 5.69 Å². The number of hydrogen-bond acceptors (Lipinski definition) is 4. The monoisotopic (exact) mass is 356 g/mol. The molecule has 0 amide bonds. The maximum atomic E-state index is 10.8. The van der Waals surface area contributed by atoms with Crippen molar-refractivity contribution < 1.29 is 9.84 Å². The number of rotatable bonds is 6. The van der Waals surface area contributed by atoms with Gasteiger partial charge in [0, 0.05) is 32.2 Å². The minimum Gasteiger partial charge on any atom is -0.495 e. The molecule has 0 aromatic heterocycles. The molecule has 1 saturated heterocycles. The molecular weight excluding hydrogens is 324 g/mol. The van der Waals surface area contributed by atoms with E-state index in [4.69, 9.17) is 4.74 Å². The van der Waals surface area contributed by atoms with Crippen molar-refractivity contribution in [1.29, 1.82) is 0 Å². The van der Waals surface area contributed by atoms with Gasteiger partial charge < -0.3 is 14.7 Å². The number of anilines is 1. The summed E-state index contributed by atoms with van der Waals surface area (Å²) in [5.74, 6) is 0.923. The summed E-state index contributed by atoms with van der Waals surface area (Å²) in [5.41, 5.74) is 2.16. The smallest absolute Gasteiger partial charge is 0.142 e. The molecule has 1 N–H and O–H groups in total. The number of methoxy groups -OCH3 is 1. The maximum Gasteiger partial charge on any atom is 0.142 e. The molecule has 2 aromatic carbocycles. The molecule has 2 unspecified atom stereocenters. The highest BCUT2D eigenvalue weighted by atomic mass is 16.5. The van der Waals surface area contributed by atoms with Gasteiger partial charge in [-0.25, -0.2) is 0 Å². The fourth-order valence-electron chi connectivity index (χ4n) is 3.74. The Morgan fingerprint density at radius 1 is 0.962 bits per heavy atom. The predicted octanol–water partition coefficient (Wildman–Crippen LogP) is 3.97. The summed E-state index contributed by atoms with van der Waals surface area (Å²) in [6.07, 6.45) is 0.495. The Kier molecular flexibility index (Phi) is 7.49. The van der Waals surface area contributed by atoms with Crippen LogP contribution in [0.1, 0.15) is 32.4 Å². The van der Waals surface area contributed by atoms with E-state index >= 15 is 0 Å². The number of piperazine rings is 1. The molecule has 4 nitrogen and oxygen atoms in total. The molecule has 4 heteroatoms. The molecule has 1 heterocycles. The second-order valence-electron chi connectivity index (χ2n) is 6.53. The molecule has 3 rings (SSSR count). The van der Waals surface area contributed by atoms with E-state index in [1.165, 1.54) is 0 Å². The number of benzene rings is 2. The molecule has 0 saturated carbocycles. The van der Waals surface area contributed by atoms with E-state index < -0.39 is 6.10 Å². The molecule has 0 radical (unpaired) electrons. The molecule has 1 fully saturated rings. The number of aliphatic hydroxyl groups is 1. The first-order chi connectivity index (χ1) is 12.2. The lowest BCUT2D eigenvalue weighted by atomic mass is 9.98. The summed E-state index contributed by atoms with van der Waals surface area (Å²) in [6, 6.07) is 18.3. The van der Waals surface area contributed by atoms with E-state index in [-0.39, 0.29) is 13.5 Å². The Morgan fingerprint density at radius 3 is 2.19 bits per heavy atom. The standard InChI is InChI=1S/C21H28N2O2.CH4/c1-3-18(21(24)17-9-5-4-6-10-17)22-13-15-23(16-14-22)19-11-7-8-12-20(19)25-2;/h4-12,18,21,24H,3,13-16H2,1-2H3;1H4. The van der Waals surface area contributed by atoms with Crippen LogP contribution in [0, 0.1) is 0 Å². The van der Waals surface area contributed by atoms with Crippen molar-refractivity contribution in [3.05, 3.63) is 60.2 Å². The Bertz CT molecular complexity index is 654. The van der Waals surface area contributed by atoms with E-state index in [9.17, 15) is 5.11 Å². The minimum atomic E-state index is -0.441. The van der Waals surface area contributed by atoms with Crippen LogP contribution in [0.3, 0.4) is 0 Å². The third-order valence-corrected chi connectivity index (χ3v) is 5.13. The Labute approximate surface area is 158 Å². The molecule has 0 spiro atoms. The molecule has 0 bridgehead atoms.